The molecular weight excluding hydrogens is 216 g/mol. The fraction of sp³-hybridized carbons (Fsp3) is 0.615. The van der Waals surface area contributed by atoms with E-state index in [1.54, 1.807) is 18.0 Å². The molecule has 4 heteroatoms. The van der Waals surface area contributed by atoms with Crippen LogP contribution in [-0.4, -0.2) is 30.9 Å². The second-order valence-electron chi connectivity index (χ2n) is 5.15. The number of carbonyl (C=O) groups is 1. The Morgan fingerprint density at radius 3 is 2.59 bits per heavy atom. The molecule has 1 rings (SSSR count). The fourth-order valence-electron chi connectivity index (χ4n) is 1.65. The van der Waals surface area contributed by atoms with Gasteiger partial charge in [-0.2, -0.15) is 0 Å². The van der Waals surface area contributed by atoms with Crippen LogP contribution in [0.3, 0.4) is 0 Å². The van der Waals surface area contributed by atoms with Crippen LogP contribution in [0.4, 0.5) is 0 Å². The maximum Gasteiger partial charge on any atom is 0.289 e. The van der Waals surface area contributed by atoms with Gasteiger partial charge in [-0.25, -0.2) is 0 Å². The van der Waals surface area contributed by atoms with Gasteiger partial charge in [0.05, 0.1) is 0 Å². The molecule has 0 saturated heterocycles. The van der Waals surface area contributed by atoms with Crippen molar-refractivity contribution < 1.29 is 9.21 Å². The van der Waals surface area contributed by atoms with Crippen LogP contribution >= 0.6 is 0 Å². The lowest BCUT2D eigenvalue weighted by Gasteiger charge is -2.28. The number of amides is 1. The van der Waals surface area contributed by atoms with Gasteiger partial charge in [-0.1, -0.05) is 20.8 Å². The lowest BCUT2D eigenvalue weighted by atomic mass is 9.93. The Labute approximate surface area is 103 Å². The molecule has 1 heterocycles. The smallest absolute Gasteiger partial charge is 0.289 e. The summed E-state index contributed by atoms with van der Waals surface area (Å²) in [6.45, 7) is 7.23. The molecule has 0 unspecified atom stereocenters. The molecule has 1 aromatic heterocycles. The van der Waals surface area contributed by atoms with Crippen LogP contribution in [0.15, 0.2) is 16.5 Å². The molecule has 0 aliphatic heterocycles. The third-order valence-electron chi connectivity index (χ3n) is 2.79. The van der Waals surface area contributed by atoms with E-state index in [9.17, 15) is 4.79 Å². The molecule has 0 aromatic carbocycles. The molecule has 2 N–H and O–H groups in total. The molecule has 1 aromatic rings. The van der Waals surface area contributed by atoms with Gasteiger partial charge < -0.3 is 15.1 Å². The maximum atomic E-state index is 12.1. The highest BCUT2D eigenvalue weighted by Crippen LogP contribution is 2.17. The zero-order chi connectivity index (χ0) is 13.1. The molecule has 4 nitrogen and oxygen atoms in total. The summed E-state index contributed by atoms with van der Waals surface area (Å²) < 4.78 is 5.44. The number of rotatable bonds is 5. The van der Waals surface area contributed by atoms with Crippen molar-refractivity contribution in [2.24, 2.45) is 11.1 Å². The van der Waals surface area contributed by atoms with Crippen LogP contribution in [-0.2, 0) is 6.42 Å². The molecule has 1 amide bonds. The minimum Gasteiger partial charge on any atom is -0.456 e. The molecule has 96 valence electrons. The summed E-state index contributed by atoms with van der Waals surface area (Å²) in [6.07, 6.45) is 0.797. The summed E-state index contributed by atoms with van der Waals surface area (Å²) in [7, 11) is 1.77. The highest BCUT2D eigenvalue weighted by atomic mass is 16.4. The normalized spacial score (nSPS) is 11.6. The molecule has 0 aliphatic rings. The van der Waals surface area contributed by atoms with Crippen molar-refractivity contribution in [2.45, 2.75) is 27.2 Å². The van der Waals surface area contributed by atoms with E-state index in [0.29, 0.717) is 18.8 Å². The van der Waals surface area contributed by atoms with Gasteiger partial charge in [-0.15, -0.1) is 0 Å². The fourth-order valence-corrected chi connectivity index (χ4v) is 1.65. The summed E-state index contributed by atoms with van der Waals surface area (Å²) in [5, 5.41) is 0. The van der Waals surface area contributed by atoms with Gasteiger partial charge in [-0.3, -0.25) is 4.79 Å². The molecule has 0 aliphatic carbocycles. The molecule has 0 fully saturated rings. The van der Waals surface area contributed by atoms with Crippen molar-refractivity contribution in [3.63, 3.8) is 0 Å². The third-order valence-corrected chi connectivity index (χ3v) is 2.79. The van der Waals surface area contributed by atoms with Crippen molar-refractivity contribution in [3.8, 4) is 0 Å². The van der Waals surface area contributed by atoms with Gasteiger partial charge in [0.25, 0.3) is 5.91 Å². The third kappa shape index (κ3) is 3.60. The topological polar surface area (TPSA) is 59.5 Å². The average molecular weight is 238 g/mol. The first-order valence-corrected chi connectivity index (χ1v) is 5.94. The second kappa shape index (κ2) is 5.36. The van der Waals surface area contributed by atoms with Gasteiger partial charge in [0.2, 0.25) is 0 Å². The second-order valence-corrected chi connectivity index (χ2v) is 5.15. The van der Waals surface area contributed by atoms with E-state index >= 15 is 0 Å². The molecule has 17 heavy (non-hydrogen) atoms. The monoisotopic (exact) mass is 238 g/mol. The van der Waals surface area contributed by atoms with Gasteiger partial charge in [0.1, 0.15) is 5.76 Å². The number of nitrogens with two attached hydrogens (primary N) is 1. The Bertz CT molecular complexity index is 383. The molecule has 0 spiro atoms. The highest BCUT2D eigenvalue weighted by molar-refractivity contribution is 5.91. The molecule has 0 saturated carbocycles. The van der Waals surface area contributed by atoms with Crippen molar-refractivity contribution in [1.82, 2.24) is 4.90 Å². The SMILES string of the molecule is CCc1ccc(C(=O)N(C)CC(C)(C)CN)o1. The van der Waals surface area contributed by atoms with Crippen LogP contribution in [0.2, 0.25) is 0 Å². The lowest BCUT2D eigenvalue weighted by molar-refractivity contribution is 0.0707. The van der Waals surface area contributed by atoms with Crippen LogP contribution < -0.4 is 5.73 Å². The summed E-state index contributed by atoms with van der Waals surface area (Å²) in [5.41, 5.74) is 5.58. The van der Waals surface area contributed by atoms with E-state index in [-0.39, 0.29) is 11.3 Å². The minimum atomic E-state index is -0.0915. The molecule has 0 bridgehead atoms. The van der Waals surface area contributed by atoms with Gasteiger partial charge in [0.15, 0.2) is 5.76 Å². The number of hydrogen-bond donors (Lipinski definition) is 1. The molecule has 0 radical (unpaired) electrons. The minimum absolute atomic E-state index is 0.0788. The Hall–Kier alpha value is -1.29. The Morgan fingerprint density at radius 2 is 2.12 bits per heavy atom. The Morgan fingerprint density at radius 1 is 1.47 bits per heavy atom. The van der Waals surface area contributed by atoms with Crippen LogP contribution in [0.25, 0.3) is 0 Å². The van der Waals surface area contributed by atoms with Crippen molar-refractivity contribution in [2.75, 3.05) is 20.1 Å². The van der Waals surface area contributed by atoms with E-state index in [4.69, 9.17) is 10.2 Å². The number of furan rings is 1. The van der Waals surface area contributed by atoms with E-state index in [2.05, 4.69) is 0 Å². The zero-order valence-corrected chi connectivity index (χ0v) is 11.1. The number of aryl methyl sites for hydroxylation is 1. The van der Waals surface area contributed by atoms with Crippen molar-refractivity contribution in [3.05, 3.63) is 23.7 Å². The van der Waals surface area contributed by atoms with Gasteiger partial charge in [0, 0.05) is 20.0 Å². The van der Waals surface area contributed by atoms with Crippen LogP contribution in [0.5, 0.6) is 0 Å². The van der Waals surface area contributed by atoms with E-state index < -0.39 is 0 Å². The van der Waals surface area contributed by atoms with Crippen LogP contribution in [0.1, 0.15) is 37.1 Å². The maximum absolute atomic E-state index is 12.1. The van der Waals surface area contributed by atoms with Gasteiger partial charge in [-0.05, 0) is 24.1 Å². The van der Waals surface area contributed by atoms with Crippen LogP contribution in [0, 0.1) is 5.41 Å². The number of nitrogens with zero attached hydrogens (tertiary/aromatic N) is 1. The Kier molecular flexibility index (Phi) is 4.34. The predicted molar refractivity (Wildman–Crippen MR) is 67.9 cm³/mol. The predicted octanol–water partition coefficient (Wildman–Crippen LogP) is 1.90. The quantitative estimate of drug-likeness (QED) is 0.852. The first-order valence-electron chi connectivity index (χ1n) is 5.94. The summed E-state index contributed by atoms with van der Waals surface area (Å²) in [4.78, 5) is 13.7. The number of hydrogen-bond acceptors (Lipinski definition) is 3. The summed E-state index contributed by atoms with van der Waals surface area (Å²) >= 11 is 0. The van der Waals surface area contributed by atoms with E-state index in [1.165, 1.54) is 0 Å². The van der Waals surface area contributed by atoms with Gasteiger partial charge >= 0.3 is 0 Å². The van der Waals surface area contributed by atoms with Crippen molar-refractivity contribution in [1.29, 1.82) is 0 Å². The average Bonchev–Trinajstić information content (AvgIpc) is 2.76. The Balaban J connectivity index is 2.69. The van der Waals surface area contributed by atoms with E-state index in [1.807, 2.05) is 26.8 Å². The standard InChI is InChI=1S/C13H22N2O2/c1-5-10-6-7-11(17-10)12(16)15(4)9-13(2,3)8-14/h6-7H,5,8-9,14H2,1-4H3. The summed E-state index contributed by atoms with van der Waals surface area (Å²) in [5.74, 6) is 1.14. The largest absolute Gasteiger partial charge is 0.456 e. The first-order chi connectivity index (χ1) is 7.89. The van der Waals surface area contributed by atoms with Crippen molar-refractivity contribution >= 4 is 5.91 Å². The van der Waals surface area contributed by atoms with E-state index in [0.717, 1.165) is 12.2 Å². The summed E-state index contributed by atoms with van der Waals surface area (Å²) in [6, 6.07) is 3.57. The lowest BCUT2D eigenvalue weighted by Crippen LogP contribution is -2.39. The number of carbonyl (C=O) groups excluding carboxylic acids is 1. The zero-order valence-electron chi connectivity index (χ0n) is 11.1. The molecule has 0 atom stereocenters. The highest BCUT2D eigenvalue weighted by Gasteiger charge is 2.23. The molecular formula is C13H22N2O2. The first kappa shape index (κ1) is 13.8.